The van der Waals surface area contributed by atoms with Gasteiger partial charge in [0.25, 0.3) is 0 Å². The third kappa shape index (κ3) is 2.28. The molecule has 2 fully saturated rings. The van der Waals surface area contributed by atoms with E-state index in [1.807, 2.05) is 6.92 Å². The van der Waals surface area contributed by atoms with Gasteiger partial charge in [-0.25, -0.2) is 0 Å². The minimum atomic E-state index is -0.645. The van der Waals surface area contributed by atoms with E-state index >= 15 is 0 Å². The fourth-order valence-corrected chi connectivity index (χ4v) is 2.24. The van der Waals surface area contributed by atoms with E-state index in [9.17, 15) is 9.59 Å². The van der Waals surface area contributed by atoms with Gasteiger partial charge < -0.3 is 20.7 Å². The fourth-order valence-electron chi connectivity index (χ4n) is 2.24. The Morgan fingerprint density at radius 2 is 2.35 bits per heavy atom. The van der Waals surface area contributed by atoms with E-state index < -0.39 is 5.41 Å². The van der Waals surface area contributed by atoms with Crippen LogP contribution in [0.25, 0.3) is 0 Å². The second-order valence-corrected chi connectivity index (χ2v) is 4.93. The summed E-state index contributed by atoms with van der Waals surface area (Å²) in [5.74, 6) is -0.00331. The molecule has 0 aromatic rings. The van der Waals surface area contributed by atoms with Crippen LogP contribution in [-0.4, -0.2) is 55.6 Å². The number of amides is 2. The summed E-state index contributed by atoms with van der Waals surface area (Å²) in [5.41, 5.74) is 5.29. The van der Waals surface area contributed by atoms with Crippen molar-refractivity contribution in [3.05, 3.63) is 0 Å². The summed E-state index contributed by atoms with van der Waals surface area (Å²) >= 11 is 0. The molecule has 6 heteroatoms. The maximum absolute atomic E-state index is 12.4. The van der Waals surface area contributed by atoms with Gasteiger partial charge in [0, 0.05) is 32.1 Å². The Balaban J connectivity index is 2.06. The maximum Gasteiger partial charge on any atom is 0.232 e. The molecule has 96 valence electrons. The number of carbonyl (C=O) groups is 2. The number of carbonyl (C=O) groups excluding carboxylic acids is 2. The molecule has 2 amide bonds. The van der Waals surface area contributed by atoms with Crippen molar-refractivity contribution in [2.75, 3.05) is 32.8 Å². The number of nitrogens with two attached hydrogens (primary N) is 1. The summed E-state index contributed by atoms with van der Waals surface area (Å²) in [7, 11) is 0. The van der Waals surface area contributed by atoms with E-state index in [0.717, 1.165) is 0 Å². The molecule has 2 saturated heterocycles. The van der Waals surface area contributed by atoms with Crippen molar-refractivity contribution in [2.24, 2.45) is 11.1 Å². The van der Waals surface area contributed by atoms with Crippen molar-refractivity contribution in [2.45, 2.75) is 19.4 Å². The van der Waals surface area contributed by atoms with Crippen LogP contribution in [0, 0.1) is 5.41 Å². The molecular formula is C11H19N3O3. The molecule has 2 aliphatic rings. The Morgan fingerprint density at radius 3 is 3.00 bits per heavy atom. The van der Waals surface area contributed by atoms with Gasteiger partial charge in [-0.2, -0.15) is 0 Å². The Morgan fingerprint density at radius 1 is 1.59 bits per heavy atom. The van der Waals surface area contributed by atoms with E-state index in [0.29, 0.717) is 39.3 Å². The topological polar surface area (TPSA) is 84.7 Å². The molecule has 6 nitrogen and oxygen atoms in total. The summed E-state index contributed by atoms with van der Waals surface area (Å²) in [6, 6.07) is -0.262. The smallest absolute Gasteiger partial charge is 0.232 e. The van der Waals surface area contributed by atoms with Crippen LogP contribution in [-0.2, 0) is 14.3 Å². The van der Waals surface area contributed by atoms with E-state index in [-0.39, 0.29) is 17.9 Å². The van der Waals surface area contributed by atoms with Crippen LogP contribution in [0.3, 0.4) is 0 Å². The lowest BCUT2D eigenvalue weighted by atomic mass is 9.84. The molecule has 0 aromatic heterocycles. The molecule has 0 radical (unpaired) electrons. The third-order valence-electron chi connectivity index (χ3n) is 3.61. The highest BCUT2D eigenvalue weighted by Gasteiger charge is 2.46. The Labute approximate surface area is 100 Å². The van der Waals surface area contributed by atoms with Crippen molar-refractivity contribution < 1.29 is 14.3 Å². The van der Waals surface area contributed by atoms with Gasteiger partial charge >= 0.3 is 0 Å². The molecule has 17 heavy (non-hydrogen) atoms. The van der Waals surface area contributed by atoms with E-state index in [1.165, 1.54) is 0 Å². The number of nitrogens with one attached hydrogen (secondary N) is 1. The molecule has 0 aliphatic carbocycles. The van der Waals surface area contributed by atoms with Crippen LogP contribution in [0.15, 0.2) is 0 Å². The first-order valence-electron chi connectivity index (χ1n) is 5.93. The van der Waals surface area contributed by atoms with Gasteiger partial charge in [-0.15, -0.1) is 0 Å². The molecule has 0 spiro atoms. The van der Waals surface area contributed by atoms with Gasteiger partial charge in [0.2, 0.25) is 11.8 Å². The number of hydrogen-bond donors (Lipinski definition) is 2. The van der Waals surface area contributed by atoms with Gasteiger partial charge in [0.1, 0.15) is 0 Å². The second kappa shape index (κ2) is 4.62. The highest BCUT2D eigenvalue weighted by Crippen LogP contribution is 2.29. The zero-order valence-electron chi connectivity index (χ0n) is 10.1. The SMILES string of the molecule is CC1(C(=O)N2CCNC(=O)CC2)COCC1N. The van der Waals surface area contributed by atoms with Crippen LogP contribution in [0.2, 0.25) is 0 Å². The third-order valence-corrected chi connectivity index (χ3v) is 3.61. The standard InChI is InChI=1S/C11H19N3O3/c1-11(7-17-6-8(11)12)10(16)14-4-2-9(15)13-3-5-14/h8H,2-7,12H2,1H3,(H,13,15). The average Bonchev–Trinajstić information content (AvgIpc) is 2.52. The van der Waals surface area contributed by atoms with E-state index in [1.54, 1.807) is 4.90 Å². The second-order valence-electron chi connectivity index (χ2n) is 4.93. The van der Waals surface area contributed by atoms with Crippen molar-refractivity contribution in [1.29, 1.82) is 0 Å². The van der Waals surface area contributed by atoms with Crippen molar-refractivity contribution in [3.63, 3.8) is 0 Å². The van der Waals surface area contributed by atoms with Crippen molar-refractivity contribution >= 4 is 11.8 Å². The molecular weight excluding hydrogens is 222 g/mol. The lowest BCUT2D eigenvalue weighted by molar-refractivity contribution is -0.141. The molecule has 0 aromatic carbocycles. The van der Waals surface area contributed by atoms with Crippen molar-refractivity contribution in [1.82, 2.24) is 10.2 Å². The summed E-state index contributed by atoms with van der Waals surface area (Å²) in [5, 5.41) is 2.75. The Bertz CT molecular complexity index is 334. The number of rotatable bonds is 1. The monoisotopic (exact) mass is 241 g/mol. The van der Waals surface area contributed by atoms with Crippen LogP contribution in [0.5, 0.6) is 0 Å². The molecule has 2 aliphatic heterocycles. The number of hydrogen-bond acceptors (Lipinski definition) is 4. The summed E-state index contributed by atoms with van der Waals surface area (Å²) < 4.78 is 5.28. The molecule has 0 saturated carbocycles. The average molecular weight is 241 g/mol. The van der Waals surface area contributed by atoms with Crippen LogP contribution < -0.4 is 11.1 Å². The molecule has 2 rings (SSSR count). The van der Waals surface area contributed by atoms with Gasteiger partial charge in [0.15, 0.2) is 0 Å². The van der Waals surface area contributed by atoms with Crippen LogP contribution >= 0.6 is 0 Å². The minimum Gasteiger partial charge on any atom is -0.379 e. The molecule has 2 unspecified atom stereocenters. The number of ether oxygens (including phenoxy) is 1. The predicted octanol–water partition coefficient (Wildman–Crippen LogP) is -1.30. The largest absolute Gasteiger partial charge is 0.379 e. The van der Waals surface area contributed by atoms with Crippen LogP contribution in [0.1, 0.15) is 13.3 Å². The summed E-state index contributed by atoms with van der Waals surface area (Å²) in [6.07, 6.45) is 0.359. The first-order valence-corrected chi connectivity index (χ1v) is 5.93. The van der Waals surface area contributed by atoms with Gasteiger partial charge in [-0.1, -0.05) is 0 Å². The summed E-state index contributed by atoms with van der Waals surface area (Å²) in [4.78, 5) is 25.4. The van der Waals surface area contributed by atoms with Gasteiger partial charge in [-0.3, -0.25) is 9.59 Å². The number of nitrogens with zero attached hydrogens (tertiary/aromatic N) is 1. The molecule has 2 heterocycles. The molecule has 3 N–H and O–H groups in total. The van der Waals surface area contributed by atoms with E-state index in [2.05, 4.69) is 5.32 Å². The lowest BCUT2D eigenvalue weighted by Crippen LogP contribution is -2.52. The Hall–Kier alpha value is -1.14. The van der Waals surface area contributed by atoms with E-state index in [4.69, 9.17) is 10.5 Å². The lowest BCUT2D eigenvalue weighted by Gasteiger charge is -2.32. The summed E-state index contributed by atoms with van der Waals surface area (Å²) in [6.45, 7) is 4.15. The zero-order valence-corrected chi connectivity index (χ0v) is 10.1. The first kappa shape index (κ1) is 12.3. The normalized spacial score (nSPS) is 34.4. The molecule has 0 bridgehead atoms. The fraction of sp³-hybridized carbons (Fsp3) is 0.818. The highest BCUT2D eigenvalue weighted by atomic mass is 16.5. The quantitative estimate of drug-likeness (QED) is 0.597. The molecule has 2 atom stereocenters. The minimum absolute atomic E-state index is 0.000926. The van der Waals surface area contributed by atoms with Crippen molar-refractivity contribution in [3.8, 4) is 0 Å². The maximum atomic E-state index is 12.4. The first-order chi connectivity index (χ1) is 8.04. The predicted molar refractivity (Wildman–Crippen MR) is 61.1 cm³/mol. The Kier molecular flexibility index (Phi) is 3.35. The zero-order chi connectivity index (χ0) is 12.5. The van der Waals surface area contributed by atoms with Gasteiger partial charge in [0.05, 0.1) is 18.6 Å². The highest BCUT2D eigenvalue weighted by molar-refractivity contribution is 5.85. The van der Waals surface area contributed by atoms with Crippen LogP contribution in [0.4, 0.5) is 0 Å². The van der Waals surface area contributed by atoms with Gasteiger partial charge in [-0.05, 0) is 6.92 Å².